The molecule has 2 aliphatic rings. The van der Waals surface area contributed by atoms with E-state index in [0.717, 1.165) is 70.1 Å². The molecular formula is C28H31ClF2N8O2S. The summed E-state index contributed by atoms with van der Waals surface area (Å²) in [5, 5.41) is 5.06. The minimum absolute atomic E-state index is 0.107. The molecule has 0 amide bonds. The number of hydrogen-bond donors (Lipinski definition) is 2. The Morgan fingerprint density at radius 2 is 1.69 bits per heavy atom. The van der Waals surface area contributed by atoms with Gasteiger partial charge in [-0.3, -0.25) is 9.62 Å². The van der Waals surface area contributed by atoms with E-state index in [4.69, 9.17) is 22.4 Å². The molecule has 2 fully saturated rings. The molecule has 2 aromatic heterocycles. The number of rotatable bonds is 6. The lowest BCUT2D eigenvalue weighted by Crippen LogP contribution is -2.49. The molecule has 1 aliphatic carbocycles. The molecule has 14 heteroatoms. The molecule has 1 saturated heterocycles. The Kier molecular flexibility index (Phi) is 7.77. The Labute approximate surface area is 247 Å². The molecule has 0 unspecified atom stereocenters. The quantitative estimate of drug-likeness (QED) is 0.324. The summed E-state index contributed by atoms with van der Waals surface area (Å²) < 4.78 is 58.5. The van der Waals surface area contributed by atoms with Crippen LogP contribution in [0.2, 0.25) is 5.02 Å². The van der Waals surface area contributed by atoms with Crippen LogP contribution in [-0.2, 0) is 10.0 Å². The highest BCUT2D eigenvalue weighted by molar-refractivity contribution is 7.92. The maximum Gasteiger partial charge on any atom is 0.263 e. The average Bonchev–Trinajstić information content (AvgIpc) is 3.35. The zero-order valence-electron chi connectivity index (χ0n) is 23.0. The first-order valence-corrected chi connectivity index (χ1v) is 15.7. The normalized spacial score (nSPS) is 20.7. The van der Waals surface area contributed by atoms with Gasteiger partial charge in [0, 0.05) is 37.8 Å². The highest BCUT2D eigenvalue weighted by atomic mass is 35.5. The molecule has 0 atom stereocenters. The van der Waals surface area contributed by atoms with Crippen molar-refractivity contribution in [3.8, 4) is 11.3 Å². The van der Waals surface area contributed by atoms with Crippen LogP contribution in [0.3, 0.4) is 0 Å². The number of benzene rings is 2. The molecular weight excluding hydrogens is 586 g/mol. The number of nitrogens with two attached hydrogens (primary N) is 1. The van der Waals surface area contributed by atoms with Gasteiger partial charge in [0.05, 0.1) is 22.1 Å². The summed E-state index contributed by atoms with van der Waals surface area (Å²) in [7, 11) is -2.13. The molecule has 3 N–H and O–H groups in total. The second kappa shape index (κ2) is 11.4. The number of halogens is 3. The minimum atomic E-state index is -4.28. The second-order valence-electron chi connectivity index (χ2n) is 10.9. The molecule has 0 radical (unpaired) electrons. The van der Waals surface area contributed by atoms with E-state index >= 15 is 4.39 Å². The van der Waals surface area contributed by atoms with Crippen LogP contribution in [0.25, 0.3) is 22.3 Å². The summed E-state index contributed by atoms with van der Waals surface area (Å²) in [5.41, 5.74) is 7.36. The maximum atomic E-state index is 15.3. The molecule has 222 valence electrons. The number of sulfonamides is 1. The zero-order chi connectivity index (χ0) is 29.6. The van der Waals surface area contributed by atoms with Crippen molar-refractivity contribution in [2.45, 2.75) is 42.7 Å². The number of nitrogens with zero attached hydrogens (tertiary/aromatic N) is 6. The monoisotopic (exact) mass is 616 g/mol. The van der Waals surface area contributed by atoms with Gasteiger partial charge in [0.1, 0.15) is 34.4 Å². The summed E-state index contributed by atoms with van der Waals surface area (Å²) in [6.07, 6.45) is 5.35. The van der Waals surface area contributed by atoms with Crippen LogP contribution >= 0.6 is 11.6 Å². The molecule has 0 bridgehead atoms. The van der Waals surface area contributed by atoms with Crippen LogP contribution in [0.5, 0.6) is 0 Å². The van der Waals surface area contributed by atoms with Gasteiger partial charge in [0.15, 0.2) is 5.65 Å². The Morgan fingerprint density at radius 1 is 0.976 bits per heavy atom. The van der Waals surface area contributed by atoms with Gasteiger partial charge >= 0.3 is 0 Å². The Morgan fingerprint density at radius 3 is 2.38 bits per heavy atom. The Hall–Kier alpha value is -3.39. The molecule has 42 heavy (non-hydrogen) atoms. The smallest absolute Gasteiger partial charge is 0.263 e. The van der Waals surface area contributed by atoms with Crippen molar-refractivity contribution < 1.29 is 17.2 Å². The third kappa shape index (κ3) is 5.53. The van der Waals surface area contributed by atoms with Crippen LogP contribution in [0.4, 0.5) is 20.3 Å². The van der Waals surface area contributed by atoms with E-state index < -0.39 is 21.7 Å². The maximum absolute atomic E-state index is 15.3. The van der Waals surface area contributed by atoms with Crippen molar-refractivity contribution in [2.24, 2.45) is 0 Å². The SMILES string of the molecule is CN1CCN(C2CCC(n3nc(-c4ccc(NS(=O)(=O)c5ccc(F)cc5Cl)c(F)c4)c4c(N)ncnc43)CC2)CC1. The molecule has 3 heterocycles. The molecule has 4 aromatic rings. The van der Waals surface area contributed by atoms with Crippen LogP contribution in [-0.4, -0.2) is 77.2 Å². The third-order valence-corrected chi connectivity index (χ3v) is 10.1. The number of piperazine rings is 1. The van der Waals surface area contributed by atoms with Crippen molar-refractivity contribution in [3.05, 3.63) is 59.4 Å². The van der Waals surface area contributed by atoms with Crippen LogP contribution in [0, 0.1) is 11.6 Å². The summed E-state index contributed by atoms with van der Waals surface area (Å²) >= 11 is 5.92. The van der Waals surface area contributed by atoms with Crippen molar-refractivity contribution in [1.82, 2.24) is 29.5 Å². The first-order chi connectivity index (χ1) is 20.1. The fourth-order valence-corrected chi connectivity index (χ4v) is 7.54. The first-order valence-electron chi connectivity index (χ1n) is 13.8. The van der Waals surface area contributed by atoms with Gasteiger partial charge in [-0.15, -0.1) is 0 Å². The van der Waals surface area contributed by atoms with Crippen molar-refractivity contribution in [1.29, 1.82) is 0 Å². The van der Waals surface area contributed by atoms with E-state index in [1.165, 1.54) is 18.5 Å². The highest BCUT2D eigenvalue weighted by Gasteiger charge is 2.31. The zero-order valence-corrected chi connectivity index (χ0v) is 24.5. The average molecular weight is 617 g/mol. The molecule has 6 rings (SSSR count). The predicted octanol–water partition coefficient (Wildman–Crippen LogP) is 4.54. The fourth-order valence-electron chi connectivity index (χ4n) is 5.95. The van der Waals surface area contributed by atoms with Gasteiger partial charge in [0.2, 0.25) is 0 Å². The van der Waals surface area contributed by atoms with Crippen LogP contribution < -0.4 is 10.5 Å². The van der Waals surface area contributed by atoms with Gasteiger partial charge in [-0.05, 0) is 63.1 Å². The number of nitrogen functional groups attached to an aromatic ring is 1. The summed E-state index contributed by atoms with van der Waals surface area (Å²) in [6, 6.07) is 7.55. The Bertz CT molecular complexity index is 1740. The topological polar surface area (TPSA) is 122 Å². The van der Waals surface area contributed by atoms with Gasteiger partial charge in [0.25, 0.3) is 10.0 Å². The predicted molar refractivity (Wildman–Crippen MR) is 158 cm³/mol. The number of nitrogens with one attached hydrogen (secondary N) is 1. The number of aromatic nitrogens is 4. The molecule has 1 aliphatic heterocycles. The van der Waals surface area contributed by atoms with Gasteiger partial charge in [-0.1, -0.05) is 17.7 Å². The first kappa shape index (κ1) is 28.7. The number of fused-ring (bicyclic) bond motifs is 1. The summed E-state index contributed by atoms with van der Waals surface area (Å²) in [6.45, 7) is 4.33. The van der Waals surface area contributed by atoms with Crippen molar-refractivity contribution in [2.75, 3.05) is 43.7 Å². The van der Waals surface area contributed by atoms with Crippen molar-refractivity contribution >= 4 is 44.2 Å². The standard InChI is InChI=1S/C28H31ClF2N8O2S/c1-37-10-12-38(13-11-37)19-4-6-20(7-5-19)39-28-25(27(32)33-16-34-28)26(35-39)17-2-8-23(22(31)14-17)36-42(40,41)24-9-3-18(30)15-21(24)29/h2-3,8-9,14-16,19-20,36H,4-7,10-13H2,1H3,(H2,32,33,34). The van der Waals surface area contributed by atoms with Crippen LogP contribution in [0.1, 0.15) is 31.7 Å². The molecule has 2 aromatic carbocycles. The lowest BCUT2D eigenvalue weighted by Gasteiger charge is -2.41. The van der Waals surface area contributed by atoms with E-state index in [1.54, 1.807) is 6.07 Å². The van der Waals surface area contributed by atoms with Crippen molar-refractivity contribution in [3.63, 3.8) is 0 Å². The van der Waals surface area contributed by atoms with Gasteiger partial charge in [-0.2, -0.15) is 5.10 Å². The van der Waals surface area contributed by atoms with Gasteiger partial charge < -0.3 is 10.6 Å². The van der Waals surface area contributed by atoms with Crippen LogP contribution in [0.15, 0.2) is 47.6 Å². The summed E-state index contributed by atoms with van der Waals surface area (Å²) in [5.74, 6) is -1.30. The largest absolute Gasteiger partial charge is 0.383 e. The minimum Gasteiger partial charge on any atom is -0.383 e. The Balaban J connectivity index is 1.26. The lowest BCUT2D eigenvalue weighted by molar-refractivity contribution is 0.0815. The third-order valence-electron chi connectivity index (χ3n) is 8.25. The van der Waals surface area contributed by atoms with E-state index in [9.17, 15) is 12.8 Å². The van der Waals surface area contributed by atoms with E-state index in [-0.39, 0.29) is 27.5 Å². The van der Waals surface area contributed by atoms with E-state index in [1.807, 2.05) is 4.68 Å². The summed E-state index contributed by atoms with van der Waals surface area (Å²) in [4.78, 5) is 13.2. The molecule has 10 nitrogen and oxygen atoms in total. The number of likely N-dealkylation sites (N-methyl/N-ethyl adjacent to an activating group) is 1. The fraction of sp³-hybridized carbons (Fsp3) is 0.393. The lowest BCUT2D eigenvalue weighted by atomic mass is 9.90. The second-order valence-corrected chi connectivity index (χ2v) is 13.0. The van der Waals surface area contributed by atoms with E-state index in [0.29, 0.717) is 28.3 Å². The number of anilines is 2. The highest BCUT2D eigenvalue weighted by Crippen LogP contribution is 2.38. The van der Waals surface area contributed by atoms with E-state index in [2.05, 4.69) is 31.5 Å². The van der Waals surface area contributed by atoms with Gasteiger partial charge in [-0.25, -0.2) is 31.8 Å². The molecule has 1 saturated carbocycles. The molecule has 0 spiro atoms. The number of hydrogen-bond acceptors (Lipinski definition) is 8.